The second-order valence-electron chi connectivity index (χ2n) is 0.357. The van der Waals surface area contributed by atoms with Crippen molar-refractivity contribution in [1.82, 2.24) is 5.59 Å². The smallest absolute Gasteiger partial charge is 0.162 e. The van der Waals surface area contributed by atoms with Gasteiger partial charge < -0.3 is 0 Å². The van der Waals surface area contributed by atoms with Crippen LogP contribution in [0, 0.1) is 10.3 Å². The van der Waals surface area contributed by atoms with Crippen molar-refractivity contribution in [2.24, 2.45) is 5.34 Å². The van der Waals surface area contributed by atoms with Gasteiger partial charge in [-0.15, -0.1) is 4.91 Å². The molecule has 32 valence electrons. The van der Waals surface area contributed by atoms with E-state index in [-0.39, 0.29) is 0 Å². The Morgan fingerprint density at radius 2 is 2.67 bits per heavy atom. The molecule has 0 heterocycles. The van der Waals surface area contributed by atoms with Crippen LogP contribution in [0.3, 0.4) is 0 Å². The number of nitrogens with one attached hydrogen (secondary N) is 1. The van der Waals surface area contributed by atoms with E-state index in [2.05, 4.69) is 10.0 Å². The van der Waals surface area contributed by atoms with Crippen molar-refractivity contribution >= 4 is 0 Å². The lowest BCUT2D eigenvalue weighted by molar-refractivity contribution is 0.0703. The van der Waals surface area contributed by atoms with E-state index < -0.39 is 0 Å². The largest absolute Gasteiger partial charge is 0.344 e. The monoisotopic (exact) mass is 89.0 g/mol. The Morgan fingerprint density at radius 1 is 2.00 bits per heavy atom. The van der Waals surface area contributed by atoms with Crippen LogP contribution < -0.4 is 5.59 Å². The van der Waals surface area contributed by atoms with Crippen molar-refractivity contribution in [2.75, 3.05) is 0 Å². The molecule has 0 rings (SSSR count). The van der Waals surface area contributed by atoms with Gasteiger partial charge in [0.25, 0.3) is 5.39 Å². The zero-order valence-electron chi connectivity index (χ0n) is 2.66. The number of rotatable bonds is 2. The molecule has 0 aliphatic heterocycles. The molecule has 0 aliphatic carbocycles. The maximum Gasteiger partial charge on any atom is 0.344 e. The number of diazo groups is 1. The van der Waals surface area contributed by atoms with Gasteiger partial charge in [-0.1, -0.05) is 0 Å². The van der Waals surface area contributed by atoms with Crippen LogP contribution in [-0.2, 0) is 4.94 Å². The van der Waals surface area contributed by atoms with Crippen molar-refractivity contribution in [3.05, 3.63) is 9.99 Å². The van der Waals surface area contributed by atoms with Crippen LogP contribution in [0.15, 0.2) is 5.34 Å². The van der Waals surface area contributed by atoms with E-state index in [4.69, 9.17) is 10.3 Å². The Balaban J connectivity index is 2.72. The van der Waals surface area contributed by atoms with Gasteiger partial charge in [-0.25, -0.2) is 0 Å². The molecule has 0 atom stereocenters. The molecule has 0 saturated heterocycles. The van der Waals surface area contributed by atoms with E-state index in [0.717, 1.165) is 0 Å². The average molecular weight is 89.0 g/mol. The Bertz CT molecular complexity index is 70.1. The molecular formula is HN4O2+. The second-order valence-corrected chi connectivity index (χ2v) is 0.357. The summed E-state index contributed by atoms with van der Waals surface area (Å²) in [5.74, 6) is 0. The maximum atomic E-state index is 8.86. The summed E-state index contributed by atoms with van der Waals surface area (Å²) < 4.78 is 0. The maximum absolute atomic E-state index is 8.86. The Hall–Kier alpha value is -1.38. The zero-order valence-corrected chi connectivity index (χ0v) is 2.66. The topological polar surface area (TPSA) is 78.8 Å². The predicted octanol–water partition coefficient (Wildman–Crippen LogP) is -0.0429. The summed E-state index contributed by atoms with van der Waals surface area (Å²) in [5.41, 5.74) is 1.40. The minimum absolute atomic E-state index is 1.40. The standard InChI is InChI=1S/HN4O2/c1-2-3-6-4-5/h3H/q+1. The Morgan fingerprint density at radius 3 is 2.83 bits per heavy atom. The molecule has 0 unspecified atom stereocenters. The highest BCUT2D eigenvalue weighted by atomic mass is 16.8. The van der Waals surface area contributed by atoms with Crippen LogP contribution in [0.1, 0.15) is 0 Å². The van der Waals surface area contributed by atoms with E-state index >= 15 is 0 Å². The molecule has 0 radical (unpaired) electrons. The van der Waals surface area contributed by atoms with Gasteiger partial charge in [0.1, 0.15) is 0 Å². The zero-order chi connectivity index (χ0) is 4.83. The molecule has 0 fully saturated rings. The molecule has 0 saturated carbocycles. The highest BCUT2D eigenvalue weighted by Crippen LogP contribution is 1.59. The fourth-order valence-corrected chi connectivity index (χ4v) is 0.0349. The van der Waals surface area contributed by atoms with Crippen molar-refractivity contribution in [3.8, 4) is 0 Å². The number of nitrogens with zero attached hydrogens (tertiary/aromatic N) is 3. The van der Waals surface area contributed by atoms with Crippen LogP contribution in [0.25, 0.3) is 5.08 Å². The quantitative estimate of drug-likeness (QED) is 0.223. The Labute approximate surface area is 32.6 Å². The lowest BCUT2D eigenvalue weighted by Crippen LogP contribution is -1.94. The molecule has 1 N–H and O–H groups in total. The number of hydrogen-bond acceptors (Lipinski definition) is 5. The molecule has 0 bridgehead atoms. The molecule has 0 aliphatic rings. The minimum atomic E-state index is 1.40. The summed E-state index contributed by atoms with van der Waals surface area (Å²) in [5, 5.41) is 11.4. The lowest BCUT2D eigenvalue weighted by atomic mass is 12.7. The predicted molar refractivity (Wildman–Crippen MR) is 15.1 cm³/mol. The summed E-state index contributed by atoms with van der Waals surface area (Å²) in [7, 11) is 0. The fraction of sp³-hybridized carbons (Fsp3) is 0. The first-order chi connectivity index (χ1) is 2.91. The van der Waals surface area contributed by atoms with Crippen LogP contribution in [-0.4, -0.2) is 0 Å². The lowest BCUT2D eigenvalue weighted by Gasteiger charge is -1.63. The summed E-state index contributed by atoms with van der Waals surface area (Å²) in [6.07, 6.45) is 0. The summed E-state index contributed by atoms with van der Waals surface area (Å²) in [6.45, 7) is 0. The molecule has 6 heavy (non-hydrogen) atoms. The highest BCUT2D eigenvalue weighted by molar-refractivity contribution is 4.16. The fourth-order valence-electron chi connectivity index (χ4n) is 0.0349. The van der Waals surface area contributed by atoms with Crippen molar-refractivity contribution < 1.29 is 4.94 Å². The van der Waals surface area contributed by atoms with E-state index in [1.54, 1.807) is 0 Å². The van der Waals surface area contributed by atoms with Gasteiger partial charge >= 0.3 is 5.08 Å². The third-order valence-corrected chi connectivity index (χ3v) is 0.119. The van der Waals surface area contributed by atoms with Gasteiger partial charge in [0.15, 0.2) is 10.9 Å². The SMILES string of the molecule is N#[N+]NON=O. The first-order valence-electron chi connectivity index (χ1n) is 0.993. The van der Waals surface area contributed by atoms with Gasteiger partial charge in [0, 0.05) is 0 Å². The van der Waals surface area contributed by atoms with Crippen LogP contribution in [0.5, 0.6) is 0 Å². The molecule has 0 aromatic carbocycles. The molecular weight excluding hydrogens is 88.0 g/mol. The van der Waals surface area contributed by atoms with E-state index in [1.807, 2.05) is 5.34 Å². The van der Waals surface area contributed by atoms with Gasteiger partial charge in [-0.05, 0) is 0 Å². The molecule has 0 amide bonds. The summed E-state index contributed by atoms with van der Waals surface area (Å²) >= 11 is 0. The molecule has 6 heteroatoms. The van der Waals surface area contributed by atoms with E-state index in [0.29, 0.717) is 0 Å². The third-order valence-electron chi connectivity index (χ3n) is 0.119. The second kappa shape index (κ2) is 3.62. The third kappa shape index (κ3) is 2.62. The average Bonchev–Trinajstić information content (AvgIpc) is 1.61. The van der Waals surface area contributed by atoms with Crippen LogP contribution in [0.2, 0.25) is 0 Å². The number of hydrogen-bond donors (Lipinski definition) is 1. The normalized spacial score (nSPS) is 5.17. The molecule has 0 aromatic rings. The summed E-state index contributed by atoms with van der Waals surface area (Å²) in [4.78, 5) is 12.2. The first-order valence-corrected chi connectivity index (χ1v) is 0.993. The van der Waals surface area contributed by atoms with Crippen molar-refractivity contribution in [3.63, 3.8) is 0 Å². The first kappa shape index (κ1) is 4.62. The highest BCUT2D eigenvalue weighted by Gasteiger charge is 1.80. The van der Waals surface area contributed by atoms with Gasteiger partial charge in [-0.3, -0.25) is 0 Å². The molecule has 0 aromatic heterocycles. The van der Waals surface area contributed by atoms with Gasteiger partial charge in [-0.2, -0.15) is 4.94 Å². The van der Waals surface area contributed by atoms with E-state index in [9.17, 15) is 0 Å². The van der Waals surface area contributed by atoms with Crippen LogP contribution >= 0.6 is 0 Å². The summed E-state index contributed by atoms with van der Waals surface area (Å²) in [6, 6.07) is 0. The van der Waals surface area contributed by atoms with Gasteiger partial charge in [0.2, 0.25) is 0 Å². The van der Waals surface area contributed by atoms with E-state index in [1.165, 1.54) is 5.59 Å². The Kier molecular flexibility index (Phi) is 2.79. The minimum Gasteiger partial charge on any atom is -0.162 e. The van der Waals surface area contributed by atoms with Gasteiger partial charge in [0.05, 0.1) is 0 Å². The molecule has 6 nitrogen and oxygen atoms in total. The van der Waals surface area contributed by atoms with Crippen LogP contribution in [0.4, 0.5) is 0 Å². The molecule has 0 spiro atoms. The van der Waals surface area contributed by atoms with Crippen molar-refractivity contribution in [2.45, 2.75) is 0 Å². The van der Waals surface area contributed by atoms with Crippen molar-refractivity contribution in [1.29, 1.82) is 5.39 Å².